The van der Waals surface area contributed by atoms with Gasteiger partial charge in [-0.25, -0.2) is 0 Å². The van der Waals surface area contributed by atoms with Crippen LogP contribution >= 0.6 is 15.9 Å². The molecule has 0 N–H and O–H groups in total. The first-order valence-corrected chi connectivity index (χ1v) is 6.75. The minimum atomic E-state index is -0.629. The second-order valence-electron chi connectivity index (χ2n) is 4.39. The number of hydrogen-bond acceptors (Lipinski definition) is 3. The number of methoxy groups -OCH3 is 1. The molecule has 1 fully saturated rings. The van der Waals surface area contributed by atoms with E-state index in [4.69, 9.17) is 4.74 Å². The van der Waals surface area contributed by atoms with Crippen LogP contribution in [0.5, 0.6) is 0 Å². The van der Waals surface area contributed by atoms with Gasteiger partial charge in [0.15, 0.2) is 0 Å². The molecular formula is C12H17BrN2O2. The van der Waals surface area contributed by atoms with Gasteiger partial charge in [-0.05, 0) is 48.5 Å². The molecule has 5 heteroatoms. The predicted molar refractivity (Wildman–Crippen MR) is 68.1 cm³/mol. The van der Waals surface area contributed by atoms with Crippen LogP contribution < -0.4 is 0 Å². The summed E-state index contributed by atoms with van der Waals surface area (Å²) in [4.78, 5) is 12.6. The molecule has 17 heavy (non-hydrogen) atoms. The van der Waals surface area contributed by atoms with Gasteiger partial charge in [0.1, 0.15) is 11.3 Å². The maximum absolute atomic E-state index is 12.6. The Balaban J connectivity index is 2.38. The number of aromatic nitrogens is 2. The van der Waals surface area contributed by atoms with Gasteiger partial charge in [0, 0.05) is 13.7 Å². The van der Waals surface area contributed by atoms with Gasteiger partial charge in [0.2, 0.25) is 5.78 Å². The van der Waals surface area contributed by atoms with Gasteiger partial charge in [-0.2, -0.15) is 5.10 Å². The van der Waals surface area contributed by atoms with E-state index in [0.29, 0.717) is 12.2 Å². The molecule has 0 aromatic carbocycles. The van der Waals surface area contributed by atoms with Crippen LogP contribution in [-0.2, 0) is 11.3 Å². The molecule has 0 bridgehead atoms. The number of nitrogens with zero attached hydrogens (tertiary/aromatic N) is 2. The fourth-order valence-corrected chi connectivity index (χ4v) is 2.99. The van der Waals surface area contributed by atoms with Crippen molar-refractivity contribution in [1.29, 1.82) is 0 Å². The number of aryl methyl sites for hydroxylation is 1. The number of hydrogen-bond donors (Lipinski definition) is 0. The van der Waals surface area contributed by atoms with Crippen molar-refractivity contribution in [3.63, 3.8) is 0 Å². The summed E-state index contributed by atoms with van der Waals surface area (Å²) < 4.78 is 8.01. The number of ether oxygens (including phenoxy) is 1. The van der Waals surface area contributed by atoms with Crippen LogP contribution in [0.15, 0.2) is 10.7 Å². The Morgan fingerprint density at radius 1 is 1.59 bits per heavy atom. The van der Waals surface area contributed by atoms with Crippen molar-refractivity contribution in [2.45, 2.75) is 44.8 Å². The molecule has 4 nitrogen and oxygen atoms in total. The summed E-state index contributed by atoms with van der Waals surface area (Å²) in [6, 6.07) is 0. The molecule has 1 heterocycles. The average molecular weight is 301 g/mol. The van der Waals surface area contributed by atoms with Crippen LogP contribution in [0.2, 0.25) is 0 Å². The number of carbonyl (C=O) groups is 1. The second-order valence-corrected chi connectivity index (χ2v) is 5.25. The molecule has 1 saturated carbocycles. The molecule has 1 aromatic heterocycles. The highest BCUT2D eigenvalue weighted by Crippen LogP contribution is 2.37. The minimum absolute atomic E-state index is 0.0590. The van der Waals surface area contributed by atoms with E-state index >= 15 is 0 Å². The van der Waals surface area contributed by atoms with Gasteiger partial charge in [0.25, 0.3) is 0 Å². The van der Waals surface area contributed by atoms with Crippen LogP contribution in [-0.4, -0.2) is 28.3 Å². The van der Waals surface area contributed by atoms with Gasteiger partial charge in [-0.3, -0.25) is 9.48 Å². The van der Waals surface area contributed by atoms with Crippen molar-refractivity contribution >= 4 is 21.7 Å². The SMILES string of the molecule is CCn1ncc(Br)c1C(=O)C1(OC)CCCC1. The molecule has 0 spiro atoms. The van der Waals surface area contributed by atoms with Crippen molar-refractivity contribution in [2.75, 3.05) is 7.11 Å². The summed E-state index contributed by atoms with van der Waals surface area (Å²) >= 11 is 3.40. The first kappa shape index (κ1) is 12.8. The fourth-order valence-electron chi connectivity index (χ4n) is 2.51. The van der Waals surface area contributed by atoms with Gasteiger partial charge in [-0.15, -0.1) is 0 Å². The van der Waals surface area contributed by atoms with Gasteiger partial charge < -0.3 is 4.74 Å². The number of halogens is 1. The highest BCUT2D eigenvalue weighted by molar-refractivity contribution is 9.10. The van der Waals surface area contributed by atoms with E-state index in [1.807, 2.05) is 6.92 Å². The normalized spacial score (nSPS) is 18.5. The van der Waals surface area contributed by atoms with Crippen LogP contribution in [0.1, 0.15) is 43.1 Å². The molecule has 1 aliphatic carbocycles. The third-order valence-corrected chi connectivity index (χ3v) is 4.11. The van der Waals surface area contributed by atoms with Crippen molar-refractivity contribution < 1.29 is 9.53 Å². The predicted octanol–water partition coefficient (Wildman–Crippen LogP) is 2.81. The summed E-state index contributed by atoms with van der Waals surface area (Å²) in [5.41, 5.74) is 0.00593. The zero-order chi connectivity index (χ0) is 12.5. The van der Waals surface area contributed by atoms with Gasteiger partial charge >= 0.3 is 0 Å². The Bertz CT molecular complexity index is 422. The number of Topliss-reactive ketones (excluding diaryl/α,β-unsaturated/α-hetero) is 1. The number of rotatable bonds is 4. The van der Waals surface area contributed by atoms with E-state index in [0.717, 1.165) is 30.2 Å². The maximum Gasteiger partial charge on any atom is 0.213 e. The summed E-state index contributed by atoms with van der Waals surface area (Å²) in [6.45, 7) is 2.66. The van der Waals surface area contributed by atoms with E-state index in [-0.39, 0.29) is 5.78 Å². The molecule has 0 saturated heterocycles. The minimum Gasteiger partial charge on any atom is -0.370 e. The molecule has 0 atom stereocenters. The van der Waals surface area contributed by atoms with Crippen molar-refractivity contribution in [3.05, 3.63) is 16.4 Å². The lowest BCUT2D eigenvalue weighted by atomic mass is 9.94. The smallest absolute Gasteiger partial charge is 0.213 e. The average Bonchev–Trinajstić information content (AvgIpc) is 2.95. The van der Waals surface area contributed by atoms with Crippen molar-refractivity contribution in [3.8, 4) is 0 Å². The molecule has 0 amide bonds. The molecule has 2 rings (SSSR count). The quantitative estimate of drug-likeness (QED) is 0.803. The second kappa shape index (κ2) is 4.90. The zero-order valence-electron chi connectivity index (χ0n) is 10.2. The lowest BCUT2D eigenvalue weighted by Crippen LogP contribution is -2.39. The number of carbonyl (C=O) groups excluding carboxylic acids is 1. The molecule has 0 unspecified atom stereocenters. The van der Waals surface area contributed by atoms with Crippen LogP contribution in [0.25, 0.3) is 0 Å². The van der Waals surface area contributed by atoms with Gasteiger partial charge in [0.05, 0.1) is 10.7 Å². The standard InChI is InChI=1S/C12H17BrN2O2/c1-3-15-10(9(13)8-14-15)11(16)12(17-2)6-4-5-7-12/h8H,3-7H2,1-2H3. The Hall–Kier alpha value is -0.680. The van der Waals surface area contributed by atoms with Gasteiger partial charge in [-0.1, -0.05) is 0 Å². The summed E-state index contributed by atoms with van der Waals surface area (Å²) in [5, 5.41) is 4.19. The molecule has 1 aliphatic rings. The Kier molecular flexibility index (Phi) is 3.68. The Morgan fingerprint density at radius 2 is 2.24 bits per heavy atom. The van der Waals surface area contributed by atoms with Crippen molar-refractivity contribution in [2.24, 2.45) is 0 Å². The van der Waals surface area contributed by atoms with E-state index in [1.54, 1.807) is 18.0 Å². The van der Waals surface area contributed by atoms with E-state index in [2.05, 4.69) is 21.0 Å². The molecule has 0 aliphatic heterocycles. The van der Waals surface area contributed by atoms with E-state index in [9.17, 15) is 4.79 Å². The topological polar surface area (TPSA) is 44.1 Å². The summed E-state index contributed by atoms with van der Waals surface area (Å²) in [7, 11) is 1.63. The summed E-state index contributed by atoms with van der Waals surface area (Å²) in [5.74, 6) is 0.0590. The van der Waals surface area contributed by atoms with E-state index in [1.165, 1.54) is 0 Å². The monoisotopic (exact) mass is 300 g/mol. The van der Waals surface area contributed by atoms with E-state index < -0.39 is 5.60 Å². The summed E-state index contributed by atoms with van der Waals surface area (Å²) in [6.07, 6.45) is 5.40. The Labute approximate surface area is 109 Å². The highest BCUT2D eigenvalue weighted by atomic mass is 79.9. The molecule has 0 radical (unpaired) electrons. The number of ketones is 1. The maximum atomic E-state index is 12.6. The highest BCUT2D eigenvalue weighted by Gasteiger charge is 2.43. The molecule has 94 valence electrons. The first-order chi connectivity index (χ1) is 8.14. The largest absolute Gasteiger partial charge is 0.370 e. The third kappa shape index (κ3) is 2.06. The van der Waals surface area contributed by atoms with Crippen LogP contribution in [0, 0.1) is 0 Å². The molecular weight excluding hydrogens is 284 g/mol. The van der Waals surface area contributed by atoms with Crippen LogP contribution in [0.4, 0.5) is 0 Å². The first-order valence-electron chi connectivity index (χ1n) is 5.96. The van der Waals surface area contributed by atoms with Crippen molar-refractivity contribution in [1.82, 2.24) is 9.78 Å². The van der Waals surface area contributed by atoms with Crippen LogP contribution in [0.3, 0.4) is 0 Å². The molecule has 1 aromatic rings. The fraction of sp³-hybridized carbons (Fsp3) is 0.667. The third-order valence-electron chi connectivity index (χ3n) is 3.53. The Morgan fingerprint density at radius 3 is 2.76 bits per heavy atom. The zero-order valence-corrected chi connectivity index (χ0v) is 11.8. The lowest BCUT2D eigenvalue weighted by Gasteiger charge is -2.25. The lowest BCUT2D eigenvalue weighted by molar-refractivity contribution is 0.00508.